The van der Waals surface area contributed by atoms with Gasteiger partial charge in [0.25, 0.3) is 0 Å². The van der Waals surface area contributed by atoms with Crippen molar-refractivity contribution in [2.24, 2.45) is 17.8 Å². The van der Waals surface area contributed by atoms with E-state index in [-0.39, 0.29) is 22.6 Å². The van der Waals surface area contributed by atoms with Gasteiger partial charge in [-0.2, -0.15) is 0 Å². The van der Waals surface area contributed by atoms with Gasteiger partial charge in [-0.05, 0) is 91.5 Å². The molecule has 2 fully saturated rings. The highest BCUT2D eigenvalue weighted by molar-refractivity contribution is 5.91. The van der Waals surface area contributed by atoms with E-state index in [2.05, 4.69) is 6.92 Å². The van der Waals surface area contributed by atoms with Crippen molar-refractivity contribution < 1.29 is 31.9 Å². The number of rotatable bonds is 6. The molecule has 1 N–H and O–H groups in total. The molecule has 4 rings (SSSR count). The maximum absolute atomic E-state index is 15.4. The van der Waals surface area contributed by atoms with Gasteiger partial charge in [-0.25, -0.2) is 26.7 Å². The third-order valence-corrected chi connectivity index (χ3v) is 8.20. The molecule has 2 aromatic rings. The van der Waals surface area contributed by atoms with Crippen molar-refractivity contribution in [3.8, 4) is 11.1 Å². The maximum atomic E-state index is 15.4. The standard InChI is InChI=1S/C28H31F5O2/c1-2-3-15-4-6-16(7-5-15)17-8-10-18(11-9-17)20-14-21(29)25(28(34)35)27(33)24(20)19-12-22(30)26(32)23(31)13-19/h12-18H,2-11H2,1H3,(H,34,35)/t15-,16-,17?,18?. The lowest BCUT2D eigenvalue weighted by Crippen LogP contribution is -2.25. The van der Waals surface area contributed by atoms with Crippen molar-refractivity contribution in [2.45, 2.75) is 77.0 Å². The van der Waals surface area contributed by atoms with Crippen LogP contribution in [0.25, 0.3) is 11.1 Å². The fourth-order valence-corrected chi connectivity index (χ4v) is 6.41. The van der Waals surface area contributed by atoms with E-state index >= 15 is 4.39 Å². The summed E-state index contributed by atoms with van der Waals surface area (Å²) in [6.07, 6.45) is 10.4. The Kier molecular flexibility index (Phi) is 7.82. The first-order valence-electron chi connectivity index (χ1n) is 12.6. The Morgan fingerprint density at radius 3 is 1.86 bits per heavy atom. The van der Waals surface area contributed by atoms with Gasteiger partial charge in [-0.3, -0.25) is 0 Å². The Bertz CT molecular complexity index is 1060. The quantitative estimate of drug-likeness (QED) is 0.322. The van der Waals surface area contributed by atoms with E-state index in [0.717, 1.165) is 24.8 Å². The zero-order valence-corrected chi connectivity index (χ0v) is 19.9. The van der Waals surface area contributed by atoms with Gasteiger partial charge in [-0.15, -0.1) is 0 Å². The van der Waals surface area contributed by atoms with Crippen LogP contribution >= 0.6 is 0 Å². The van der Waals surface area contributed by atoms with E-state index < -0.39 is 40.6 Å². The topological polar surface area (TPSA) is 37.3 Å². The molecule has 0 unspecified atom stereocenters. The van der Waals surface area contributed by atoms with Gasteiger partial charge in [0.2, 0.25) is 0 Å². The van der Waals surface area contributed by atoms with Gasteiger partial charge in [0.15, 0.2) is 17.5 Å². The van der Waals surface area contributed by atoms with E-state index in [0.29, 0.717) is 36.8 Å². The first kappa shape index (κ1) is 25.6. The molecule has 0 aliphatic heterocycles. The largest absolute Gasteiger partial charge is 0.477 e. The molecule has 0 saturated heterocycles. The molecule has 35 heavy (non-hydrogen) atoms. The lowest BCUT2D eigenvalue weighted by Gasteiger charge is -2.38. The zero-order valence-electron chi connectivity index (χ0n) is 19.9. The average molecular weight is 495 g/mol. The molecule has 2 saturated carbocycles. The Labute approximate surface area is 202 Å². The first-order valence-corrected chi connectivity index (χ1v) is 12.6. The van der Waals surface area contributed by atoms with Gasteiger partial charge in [0.05, 0.1) is 0 Å². The van der Waals surface area contributed by atoms with Gasteiger partial charge in [0, 0.05) is 5.56 Å². The number of hydrogen-bond donors (Lipinski definition) is 1. The number of aromatic carboxylic acids is 1. The fourth-order valence-electron chi connectivity index (χ4n) is 6.41. The van der Waals surface area contributed by atoms with Crippen molar-refractivity contribution in [2.75, 3.05) is 0 Å². The average Bonchev–Trinajstić information content (AvgIpc) is 2.82. The van der Waals surface area contributed by atoms with Crippen molar-refractivity contribution in [1.29, 1.82) is 0 Å². The van der Waals surface area contributed by atoms with Gasteiger partial charge >= 0.3 is 5.97 Å². The van der Waals surface area contributed by atoms with E-state index in [4.69, 9.17) is 0 Å². The summed E-state index contributed by atoms with van der Waals surface area (Å²) in [6.45, 7) is 2.21. The third-order valence-electron chi connectivity index (χ3n) is 8.20. The summed E-state index contributed by atoms with van der Waals surface area (Å²) in [6, 6.07) is 2.23. The molecule has 0 spiro atoms. The van der Waals surface area contributed by atoms with Crippen molar-refractivity contribution in [3.63, 3.8) is 0 Å². The minimum atomic E-state index is -1.82. The van der Waals surface area contributed by atoms with Crippen LogP contribution in [0.2, 0.25) is 0 Å². The van der Waals surface area contributed by atoms with Crippen molar-refractivity contribution in [1.82, 2.24) is 0 Å². The second-order valence-corrected chi connectivity index (χ2v) is 10.3. The van der Waals surface area contributed by atoms with Crippen LogP contribution in [-0.2, 0) is 0 Å². The molecule has 190 valence electrons. The monoisotopic (exact) mass is 494 g/mol. The Balaban J connectivity index is 1.61. The van der Waals surface area contributed by atoms with Crippen molar-refractivity contribution >= 4 is 5.97 Å². The summed E-state index contributed by atoms with van der Waals surface area (Å²) in [5.41, 5.74) is -1.72. The highest BCUT2D eigenvalue weighted by Crippen LogP contribution is 2.47. The highest BCUT2D eigenvalue weighted by atomic mass is 19.2. The molecular formula is C28H31F5O2. The molecule has 0 radical (unpaired) electrons. The van der Waals surface area contributed by atoms with Crippen LogP contribution in [0.4, 0.5) is 22.0 Å². The van der Waals surface area contributed by atoms with Gasteiger partial charge < -0.3 is 5.11 Å². The van der Waals surface area contributed by atoms with Crippen LogP contribution in [0.3, 0.4) is 0 Å². The molecule has 2 aromatic carbocycles. The molecule has 0 amide bonds. The number of carbonyl (C=O) groups is 1. The predicted molar refractivity (Wildman–Crippen MR) is 124 cm³/mol. The normalized spacial score (nSPS) is 25.0. The first-order chi connectivity index (χ1) is 16.7. The van der Waals surface area contributed by atoms with E-state index in [1.54, 1.807) is 0 Å². The van der Waals surface area contributed by atoms with Crippen LogP contribution in [0.15, 0.2) is 18.2 Å². The summed E-state index contributed by atoms with van der Waals surface area (Å²) in [7, 11) is 0. The third kappa shape index (κ3) is 5.24. The number of halogens is 5. The minimum Gasteiger partial charge on any atom is -0.477 e. The zero-order chi connectivity index (χ0) is 25.3. The second-order valence-electron chi connectivity index (χ2n) is 10.3. The Morgan fingerprint density at radius 2 is 1.34 bits per heavy atom. The fraction of sp³-hybridized carbons (Fsp3) is 0.536. The van der Waals surface area contributed by atoms with E-state index in [9.17, 15) is 27.5 Å². The molecule has 0 bridgehead atoms. The number of hydrogen-bond acceptors (Lipinski definition) is 1. The van der Waals surface area contributed by atoms with Gasteiger partial charge in [-0.1, -0.05) is 32.6 Å². The lowest BCUT2D eigenvalue weighted by molar-refractivity contribution is 0.0686. The summed E-state index contributed by atoms with van der Waals surface area (Å²) < 4.78 is 71.5. The van der Waals surface area contributed by atoms with Crippen LogP contribution in [-0.4, -0.2) is 11.1 Å². The predicted octanol–water partition coefficient (Wildman–Crippen LogP) is 8.63. The molecule has 7 heteroatoms. The summed E-state index contributed by atoms with van der Waals surface area (Å²) in [4.78, 5) is 11.5. The molecule has 2 aliphatic rings. The molecule has 0 heterocycles. The smallest absolute Gasteiger partial charge is 0.341 e. The van der Waals surface area contributed by atoms with Crippen LogP contribution in [0.1, 0.15) is 93.0 Å². The van der Waals surface area contributed by atoms with E-state index in [1.807, 2.05) is 0 Å². The summed E-state index contributed by atoms with van der Waals surface area (Å²) in [5.74, 6) is -7.49. The molecule has 2 nitrogen and oxygen atoms in total. The van der Waals surface area contributed by atoms with Crippen LogP contribution < -0.4 is 0 Å². The Morgan fingerprint density at radius 1 is 0.800 bits per heavy atom. The second kappa shape index (κ2) is 10.7. The van der Waals surface area contributed by atoms with Crippen molar-refractivity contribution in [3.05, 3.63) is 58.4 Å². The minimum absolute atomic E-state index is 0.181. The van der Waals surface area contributed by atoms with E-state index in [1.165, 1.54) is 38.5 Å². The highest BCUT2D eigenvalue weighted by Gasteiger charge is 2.34. The summed E-state index contributed by atoms with van der Waals surface area (Å²) in [5, 5.41) is 9.32. The molecular weight excluding hydrogens is 463 g/mol. The number of carboxylic acid groups (broad SMARTS) is 1. The molecule has 2 aliphatic carbocycles. The summed E-state index contributed by atoms with van der Waals surface area (Å²) >= 11 is 0. The molecule has 0 aromatic heterocycles. The molecule has 0 atom stereocenters. The maximum Gasteiger partial charge on any atom is 0.341 e. The van der Waals surface area contributed by atoms with Crippen LogP contribution in [0, 0.1) is 46.8 Å². The van der Waals surface area contributed by atoms with Gasteiger partial charge in [0.1, 0.15) is 17.2 Å². The number of benzene rings is 2. The SMILES string of the molecule is CCC[C@H]1CC[C@H](C2CCC(c3cc(F)c(C(=O)O)c(F)c3-c3cc(F)c(F)c(F)c3)CC2)CC1. The lowest BCUT2D eigenvalue weighted by atomic mass is 9.67. The Hall–Kier alpha value is -2.44. The van der Waals surface area contributed by atoms with Crippen LogP contribution in [0.5, 0.6) is 0 Å². The number of carboxylic acids is 1.